The second-order valence-corrected chi connectivity index (χ2v) is 9.42. The Labute approximate surface area is 200 Å². The lowest BCUT2D eigenvalue weighted by Crippen LogP contribution is -2.33. The van der Waals surface area contributed by atoms with Crippen LogP contribution in [0.1, 0.15) is 62.5 Å². The van der Waals surface area contributed by atoms with E-state index < -0.39 is 0 Å². The molecule has 0 bridgehead atoms. The zero-order valence-electron chi connectivity index (χ0n) is 19.4. The summed E-state index contributed by atoms with van der Waals surface area (Å²) in [5.74, 6) is 1.93. The number of thioether (sulfide) groups is 1. The van der Waals surface area contributed by atoms with Crippen molar-refractivity contribution in [3.05, 3.63) is 71.5 Å². The number of carbonyl (C=O) groups is 1. The van der Waals surface area contributed by atoms with E-state index in [9.17, 15) is 4.79 Å². The molecule has 1 fully saturated rings. The van der Waals surface area contributed by atoms with Crippen LogP contribution in [0.3, 0.4) is 0 Å². The van der Waals surface area contributed by atoms with Crippen molar-refractivity contribution in [2.75, 3.05) is 5.75 Å². The lowest BCUT2D eigenvalue weighted by molar-refractivity contribution is -0.119. The van der Waals surface area contributed by atoms with Crippen LogP contribution in [-0.2, 0) is 17.8 Å². The van der Waals surface area contributed by atoms with Gasteiger partial charge in [0.2, 0.25) is 5.91 Å². The number of aromatic nitrogens is 3. The molecule has 1 atom stereocenters. The van der Waals surface area contributed by atoms with E-state index in [2.05, 4.69) is 58.2 Å². The molecule has 0 spiro atoms. The van der Waals surface area contributed by atoms with Gasteiger partial charge < -0.3 is 10.1 Å². The van der Waals surface area contributed by atoms with Crippen LogP contribution in [0.5, 0.6) is 5.75 Å². The Bertz CT molecular complexity index is 1030. The van der Waals surface area contributed by atoms with Crippen molar-refractivity contribution < 1.29 is 9.53 Å². The molecule has 4 rings (SSSR count). The summed E-state index contributed by atoms with van der Waals surface area (Å²) in [4.78, 5) is 12.5. The van der Waals surface area contributed by atoms with Crippen LogP contribution in [0.2, 0.25) is 0 Å². The number of hydrogen-bond donors (Lipinski definition) is 1. The lowest BCUT2D eigenvalue weighted by Gasteiger charge is -2.19. The second kappa shape index (κ2) is 11.4. The first-order valence-corrected chi connectivity index (χ1v) is 12.7. The van der Waals surface area contributed by atoms with Gasteiger partial charge in [-0.25, -0.2) is 0 Å². The number of aryl methyl sites for hydroxylation is 1. The van der Waals surface area contributed by atoms with Crippen molar-refractivity contribution in [2.24, 2.45) is 0 Å². The fraction of sp³-hybridized carbons (Fsp3) is 0.423. The quantitative estimate of drug-likeness (QED) is 0.419. The van der Waals surface area contributed by atoms with Crippen LogP contribution in [0.25, 0.3) is 0 Å². The highest BCUT2D eigenvalue weighted by molar-refractivity contribution is 7.99. The summed E-state index contributed by atoms with van der Waals surface area (Å²) in [6.07, 6.45) is 5.56. The Morgan fingerprint density at radius 1 is 1.12 bits per heavy atom. The number of rotatable bonds is 10. The summed E-state index contributed by atoms with van der Waals surface area (Å²) < 4.78 is 8.12. The fourth-order valence-corrected chi connectivity index (χ4v) is 5.06. The maximum atomic E-state index is 12.5. The van der Waals surface area contributed by atoms with Gasteiger partial charge in [-0.2, -0.15) is 0 Å². The number of benzene rings is 2. The Morgan fingerprint density at radius 3 is 2.55 bits per heavy atom. The van der Waals surface area contributed by atoms with E-state index in [1.807, 2.05) is 30.3 Å². The Kier molecular flexibility index (Phi) is 8.05. The number of nitrogens with one attached hydrogen (secondary N) is 1. The molecule has 2 aromatic carbocycles. The predicted octanol–water partition coefficient (Wildman–Crippen LogP) is 5.18. The maximum Gasteiger partial charge on any atom is 0.230 e. The van der Waals surface area contributed by atoms with Crippen LogP contribution in [-0.4, -0.2) is 32.5 Å². The molecule has 6 nitrogen and oxygen atoms in total. The highest BCUT2D eigenvalue weighted by atomic mass is 32.2. The summed E-state index contributed by atoms with van der Waals surface area (Å²) in [6, 6.07) is 18.7. The van der Waals surface area contributed by atoms with Gasteiger partial charge in [0.05, 0.1) is 11.8 Å². The molecule has 33 heavy (non-hydrogen) atoms. The minimum Gasteiger partial charge on any atom is -0.486 e. The maximum absolute atomic E-state index is 12.5. The van der Waals surface area contributed by atoms with E-state index in [4.69, 9.17) is 4.74 Å². The summed E-state index contributed by atoms with van der Waals surface area (Å²) in [6.45, 7) is 4.57. The summed E-state index contributed by atoms with van der Waals surface area (Å²) in [5, 5.41) is 12.7. The molecule has 1 aliphatic rings. The van der Waals surface area contributed by atoms with E-state index in [1.54, 1.807) is 0 Å². The third kappa shape index (κ3) is 6.16. The van der Waals surface area contributed by atoms with Gasteiger partial charge in [-0.05, 0) is 49.4 Å². The van der Waals surface area contributed by atoms with Crippen LogP contribution in [0.4, 0.5) is 0 Å². The molecular formula is C26H32N4O2S. The molecule has 1 aliphatic carbocycles. The average Bonchev–Trinajstić information content (AvgIpc) is 3.51. The van der Waals surface area contributed by atoms with Gasteiger partial charge in [-0.3, -0.25) is 9.36 Å². The number of nitrogens with zero attached hydrogens (tertiary/aromatic N) is 3. The molecule has 1 saturated carbocycles. The zero-order valence-corrected chi connectivity index (χ0v) is 20.2. The Hall–Kier alpha value is -2.80. The molecule has 1 unspecified atom stereocenters. The topological polar surface area (TPSA) is 69.0 Å². The second-order valence-electron chi connectivity index (χ2n) is 8.48. The molecule has 7 heteroatoms. The molecule has 174 valence electrons. The average molecular weight is 465 g/mol. The third-order valence-corrected chi connectivity index (χ3v) is 7.10. The summed E-state index contributed by atoms with van der Waals surface area (Å²) in [7, 11) is 0. The van der Waals surface area contributed by atoms with Gasteiger partial charge in [0.15, 0.2) is 11.0 Å². The van der Waals surface area contributed by atoms with Gasteiger partial charge in [-0.15, -0.1) is 10.2 Å². The molecule has 3 aromatic rings. The van der Waals surface area contributed by atoms with Gasteiger partial charge >= 0.3 is 0 Å². The molecule has 0 aliphatic heterocycles. The molecule has 0 radical (unpaired) electrons. The molecule has 1 amide bonds. The first kappa shape index (κ1) is 23.4. The minimum absolute atomic E-state index is 0.0164. The van der Waals surface area contributed by atoms with E-state index in [0.29, 0.717) is 18.4 Å². The Balaban J connectivity index is 1.48. The largest absolute Gasteiger partial charge is 0.486 e. The number of ether oxygens (including phenoxy) is 1. The molecule has 1 aromatic heterocycles. The summed E-state index contributed by atoms with van der Waals surface area (Å²) in [5.41, 5.74) is 2.43. The molecule has 0 saturated heterocycles. The first-order valence-electron chi connectivity index (χ1n) is 11.8. The lowest BCUT2D eigenvalue weighted by atomic mass is 10.1. The normalized spacial score (nSPS) is 14.8. The van der Waals surface area contributed by atoms with E-state index in [1.165, 1.54) is 30.2 Å². The summed E-state index contributed by atoms with van der Waals surface area (Å²) >= 11 is 1.43. The first-order chi connectivity index (χ1) is 16.1. The third-order valence-electron chi connectivity index (χ3n) is 6.16. The number of carbonyl (C=O) groups excluding carboxylic acids is 1. The van der Waals surface area contributed by atoms with E-state index in [-0.39, 0.29) is 11.9 Å². The number of amides is 1. The van der Waals surface area contributed by atoms with Crippen LogP contribution in [0, 0.1) is 0 Å². The SMILES string of the molecule is CCc1ccc(OCc2nnc(SCC(=O)NC3CCCC3)n2C(C)c2ccccc2)cc1. The standard InChI is InChI=1S/C26H32N4O2S/c1-3-20-13-15-23(16-14-20)32-17-24-28-29-26(30(24)19(2)21-9-5-4-6-10-21)33-18-25(31)27-22-11-7-8-12-22/h4-6,9-10,13-16,19,22H,3,7-8,11-12,17-18H2,1-2H3,(H,27,31). The van der Waals surface area contributed by atoms with Crippen molar-refractivity contribution in [1.82, 2.24) is 20.1 Å². The highest BCUT2D eigenvalue weighted by Crippen LogP contribution is 2.27. The zero-order chi connectivity index (χ0) is 23.0. The monoisotopic (exact) mass is 464 g/mol. The highest BCUT2D eigenvalue weighted by Gasteiger charge is 2.22. The van der Waals surface area contributed by atoms with Gasteiger partial charge in [-0.1, -0.05) is 74.0 Å². The predicted molar refractivity (Wildman–Crippen MR) is 132 cm³/mol. The van der Waals surface area contributed by atoms with Gasteiger partial charge in [0.1, 0.15) is 12.4 Å². The van der Waals surface area contributed by atoms with Crippen LogP contribution in [0.15, 0.2) is 59.8 Å². The van der Waals surface area contributed by atoms with Crippen LogP contribution >= 0.6 is 11.8 Å². The van der Waals surface area contributed by atoms with Gasteiger partial charge in [0.25, 0.3) is 0 Å². The van der Waals surface area contributed by atoms with Crippen molar-refractivity contribution in [2.45, 2.75) is 69.8 Å². The Morgan fingerprint density at radius 2 is 1.85 bits per heavy atom. The van der Waals surface area contributed by atoms with Crippen molar-refractivity contribution >= 4 is 17.7 Å². The minimum atomic E-state index is 0.0164. The van der Waals surface area contributed by atoms with Gasteiger partial charge in [0, 0.05) is 6.04 Å². The van der Waals surface area contributed by atoms with Crippen LogP contribution < -0.4 is 10.1 Å². The van der Waals surface area contributed by atoms with E-state index in [0.717, 1.165) is 41.6 Å². The number of hydrogen-bond acceptors (Lipinski definition) is 5. The molecule has 1 heterocycles. The smallest absolute Gasteiger partial charge is 0.230 e. The van der Waals surface area contributed by atoms with Crippen molar-refractivity contribution in [1.29, 1.82) is 0 Å². The fourth-order valence-electron chi connectivity index (χ4n) is 4.21. The molecular weight excluding hydrogens is 432 g/mol. The van der Waals surface area contributed by atoms with Crippen molar-refractivity contribution in [3.63, 3.8) is 0 Å². The van der Waals surface area contributed by atoms with E-state index >= 15 is 0 Å². The van der Waals surface area contributed by atoms with Crippen molar-refractivity contribution in [3.8, 4) is 5.75 Å². The molecule has 1 N–H and O–H groups in total.